The molecule has 0 N–H and O–H groups in total. The first-order valence-electron chi connectivity index (χ1n) is 8.50. The van der Waals surface area contributed by atoms with Crippen LogP contribution in [0.2, 0.25) is 0 Å². The van der Waals surface area contributed by atoms with Gasteiger partial charge in [0.2, 0.25) is 11.8 Å². The molecule has 2 amide bonds. The Morgan fingerprint density at radius 3 is 2.39 bits per heavy atom. The number of hydrogen-bond donors (Lipinski definition) is 0. The Hall–Kier alpha value is -1.88. The minimum Gasteiger partial charge on any atom is -0.332 e. The second-order valence-electron chi connectivity index (χ2n) is 6.49. The lowest BCUT2D eigenvalue weighted by Crippen LogP contribution is -2.52. The van der Waals surface area contributed by atoms with E-state index in [0.717, 1.165) is 25.3 Å². The molecule has 2 saturated heterocycles. The van der Waals surface area contributed by atoms with Gasteiger partial charge in [-0.25, -0.2) is 0 Å². The van der Waals surface area contributed by atoms with E-state index in [1.165, 1.54) is 18.4 Å². The second kappa shape index (κ2) is 7.13. The van der Waals surface area contributed by atoms with Crippen LogP contribution in [0.5, 0.6) is 0 Å². The van der Waals surface area contributed by atoms with Crippen LogP contribution in [0.1, 0.15) is 24.8 Å². The lowest BCUT2D eigenvalue weighted by Gasteiger charge is -2.34. The molecule has 1 aromatic carbocycles. The summed E-state index contributed by atoms with van der Waals surface area (Å²) in [5, 5.41) is 0. The second-order valence-corrected chi connectivity index (χ2v) is 6.49. The minimum absolute atomic E-state index is 0.00891. The molecule has 0 atom stereocenters. The summed E-state index contributed by atoms with van der Waals surface area (Å²) in [4.78, 5) is 30.5. The van der Waals surface area contributed by atoms with Crippen molar-refractivity contribution in [1.29, 1.82) is 0 Å². The molecule has 2 aliphatic heterocycles. The Bertz CT molecular complexity index is 564. The molecule has 3 rings (SSSR count). The molecule has 0 spiro atoms. The number of rotatable bonds is 4. The third-order valence-corrected chi connectivity index (χ3v) is 4.76. The topological polar surface area (TPSA) is 43.9 Å². The molecule has 0 bridgehead atoms. The number of carbonyl (C=O) groups is 2. The van der Waals surface area contributed by atoms with E-state index >= 15 is 0 Å². The molecule has 0 radical (unpaired) electrons. The summed E-state index contributed by atoms with van der Waals surface area (Å²) in [6.45, 7) is 6.47. The zero-order chi connectivity index (χ0) is 16.2. The van der Waals surface area contributed by atoms with Gasteiger partial charge in [-0.2, -0.15) is 0 Å². The molecule has 23 heavy (non-hydrogen) atoms. The smallest absolute Gasteiger partial charge is 0.246 e. The molecule has 5 nitrogen and oxygen atoms in total. The van der Waals surface area contributed by atoms with Crippen LogP contribution in [0.3, 0.4) is 0 Å². The third-order valence-electron chi connectivity index (χ3n) is 4.76. The van der Waals surface area contributed by atoms with Gasteiger partial charge < -0.3 is 14.7 Å². The lowest BCUT2D eigenvalue weighted by atomic mass is 10.2. The van der Waals surface area contributed by atoms with E-state index in [1.807, 2.05) is 31.2 Å². The maximum Gasteiger partial charge on any atom is 0.246 e. The number of aryl methyl sites for hydroxylation is 1. The fourth-order valence-corrected chi connectivity index (χ4v) is 3.30. The van der Waals surface area contributed by atoms with Crippen molar-refractivity contribution in [2.75, 3.05) is 44.2 Å². The summed E-state index contributed by atoms with van der Waals surface area (Å²) in [6, 6.07) is 7.96. The number of hydrogen-bond acceptors (Lipinski definition) is 3. The SMILES string of the molecule is Cc1ccc(N2CCN(C(=O)CCN3CCCC3)CC2=O)cc1. The van der Waals surface area contributed by atoms with Crippen molar-refractivity contribution in [3.8, 4) is 0 Å². The van der Waals surface area contributed by atoms with Crippen LogP contribution < -0.4 is 4.90 Å². The van der Waals surface area contributed by atoms with Gasteiger partial charge >= 0.3 is 0 Å². The largest absolute Gasteiger partial charge is 0.332 e. The highest BCUT2D eigenvalue weighted by Gasteiger charge is 2.28. The average molecular weight is 315 g/mol. The van der Waals surface area contributed by atoms with E-state index in [2.05, 4.69) is 4.90 Å². The molecule has 0 aliphatic carbocycles. The van der Waals surface area contributed by atoms with E-state index < -0.39 is 0 Å². The third kappa shape index (κ3) is 3.91. The molecule has 1 aromatic rings. The average Bonchev–Trinajstić information content (AvgIpc) is 3.07. The number of piperazine rings is 1. The Balaban J connectivity index is 1.52. The van der Waals surface area contributed by atoms with Crippen molar-refractivity contribution in [2.45, 2.75) is 26.2 Å². The number of carbonyl (C=O) groups excluding carboxylic acids is 2. The highest BCUT2D eigenvalue weighted by atomic mass is 16.2. The fraction of sp³-hybridized carbons (Fsp3) is 0.556. The molecule has 2 fully saturated rings. The van der Waals surface area contributed by atoms with Gasteiger partial charge in [-0.15, -0.1) is 0 Å². The molecular formula is C18H25N3O2. The molecule has 2 aliphatic rings. The minimum atomic E-state index is 0.00891. The predicted octanol–water partition coefficient (Wildman–Crippen LogP) is 1.66. The van der Waals surface area contributed by atoms with Gasteiger partial charge in [-0.3, -0.25) is 9.59 Å². The zero-order valence-corrected chi connectivity index (χ0v) is 13.8. The first kappa shape index (κ1) is 16.0. The summed E-state index contributed by atoms with van der Waals surface area (Å²) in [7, 11) is 0. The monoisotopic (exact) mass is 315 g/mol. The van der Waals surface area contributed by atoms with Crippen LogP contribution in [0, 0.1) is 6.92 Å². The summed E-state index contributed by atoms with van der Waals surface area (Å²) in [5.74, 6) is 0.114. The van der Waals surface area contributed by atoms with Gasteiger partial charge in [0, 0.05) is 31.7 Å². The summed E-state index contributed by atoms with van der Waals surface area (Å²) < 4.78 is 0. The van der Waals surface area contributed by atoms with Gasteiger partial charge in [0.15, 0.2) is 0 Å². The zero-order valence-electron chi connectivity index (χ0n) is 13.8. The number of nitrogens with zero attached hydrogens (tertiary/aromatic N) is 3. The number of anilines is 1. The van der Waals surface area contributed by atoms with Gasteiger partial charge in [-0.1, -0.05) is 17.7 Å². The Morgan fingerprint density at radius 2 is 1.74 bits per heavy atom. The standard InChI is InChI=1S/C18H25N3O2/c1-15-4-6-16(7-5-15)21-13-12-20(14-18(21)23)17(22)8-11-19-9-2-3-10-19/h4-7H,2-3,8-14H2,1H3. The first-order chi connectivity index (χ1) is 11.1. The van der Waals surface area contributed by atoms with Crippen LogP contribution in [-0.4, -0.2) is 60.9 Å². The van der Waals surface area contributed by atoms with Gasteiger partial charge in [0.05, 0.1) is 0 Å². The molecule has 2 heterocycles. The summed E-state index contributed by atoms with van der Waals surface area (Å²) in [6.07, 6.45) is 3.00. The number of likely N-dealkylation sites (tertiary alicyclic amines) is 1. The van der Waals surface area contributed by atoms with E-state index in [-0.39, 0.29) is 18.4 Å². The normalized spacial score (nSPS) is 19.4. The van der Waals surface area contributed by atoms with E-state index in [9.17, 15) is 9.59 Å². The van der Waals surface area contributed by atoms with Crippen LogP contribution in [-0.2, 0) is 9.59 Å². The summed E-state index contributed by atoms with van der Waals surface area (Å²) in [5.41, 5.74) is 2.10. The molecule has 0 aromatic heterocycles. The van der Waals surface area contributed by atoms with Crippen molar-refractivity contribution in [3.63, 3.8) is 0 Å². The highest BCUT2D eigenvalue weighted by molar-refractivity contribution is 5.97. The van der Waals surface area contributed by atoms with Crippen LogP contribution >= 0.6 is 0 Å². The summed E-state index contributed by atoms with van der Waals surface area (Å²) >= 11 is 0. The molecule has 0 saturated carbocycles. The van der Waals surface area contributed by atoms with Crippen LogP contribution in [0.15, 0.2) is 24.3 Å². The van der Waals surface area contributed by atoms with Gasteiger partial charge in [0.25, 0.3) is 0 Å². The maximum atomic E-state index is 12.4. The lowest BCUT2D eigenvalue weighted by molar-refractivity contribution is -0.137. The van der Waals surface area contributed by atoms with Crippen molar-refractivity contribution >= 4 is 17.5 Å². The molecular weight excluding hydrogens is 290 g/mol. The van der Waals surface area contributed by atoms with Gasteiger partial charge in [-0.05, 0) is 45.0 Å². The Kier molecular flexibility index (Phi) is 4.96. The first-order valence-corrected chi connectivity index (χ1v) is 8.50. The molecule has 5 heteroatoms. The van der Waals surface area contributed by atoms with Crippen LogP contribution in [0.4, 0.5) is 5.69 Å². The van der Waals surface area contributed by atoms with Gasteiger partial charge in [0.1, 0.15) is 6.54 Å². The van der Waals surface area contributed by atoms with E-state index in [1.54, 1.807) is 9.80 Å². The molecule has 0 unspecified atom stereocenters. The fourth-order valence-electron chi connectivity index (χ4n) is 3.30. The van der Waals surface area contributed by atoms with E-state index in [4.69, 9.17) is 0 Å². The van der Waals surface area contributed by atoms with Crippen LogP contribution in [0.25, 0.3) is 0 Å². The predicted molar refractivity (Wildman–Crippen MR) is 90.4 cm³/mol. The van der Waals surface area contributed by atoms with Crippen molar-refractivity contribution < 1.29 is 9.59 Å². The highest BCUT2D eigenvalue weighted by Crippen LogP contribution is 2.18. The quantitative estimate of drug-likeness (QED) is 0.849. The maximum absolute atomic E-state index is 12.4. The molecule has 124 valence electrons. The van der Waals surface area contributed by atoms with E-state index in [0.29, 0.717) is 19.5 Å². The number of amides is 2. The van der Waals surface area contributed by atoms with Crippen molar-refractivity contribution in [1.82, 2.24) is 9.80 Å². The van der Waals surface area contributed by atoms with Crippen molar-refractivity contribution in [2.24, 2.45) is 0 Å². The Labute approximate surface area is 137 Å². The van der Waals surface area contributed by atoms with Crippen molar-refractivity contribution in [3.05, 3.63) is 29.8 Å². The Morgan fingerprint density at radius 1 is 1.04 bits per heavy atom. The number of benzene rings is 1.